The minimum atomic E-state index is -6.04. The molecular weight excluding hydrogens is 357 g/mol. The molecule has 1 rings (SSSR count). The van der Waals surface area contributed by atoms with Gasteiger partial charge in [-0.3, -0.25) is 0 Å². The molecule has 0 amide bonds. The number of halogens is 11. The maximum atomic E-state index is 13.2. The molecule has 23 heavy (non-hydrogen) atoms. The van der Waals surface area contributed by atoms with Gasteiger partial charge in [-0.1, -0.05) is 0 Å². The van der Waals surface area contributed by atoms with Crippen molar-refractivity contribution in [3.63, 3.8) is 0 Å². The van der Waals surface area contributed by atoms with E-state index in [9.17, 15) is 48.3 Å². The minimum absolute atomic E-state index is 0.0658. The highest BCUT2D eigenvalue weighted by Gasteiger charge is 2.60. The Morgan fingerprint density at radius 1 is 0.739 bits per heavy atom. The van der Waals surface area contributed by atoms with Gasteiger partial charge in [-0.15, -0.1) is 0 Å². The Kier molecular flexibility index (Phi) is 5.07. The molecule has 0 radical (unpaired) electrons. The van der Waals surface area contributed by atoms with E-state index in [1.807, 2.05) is 0 Å². The highest BCUT2D eigenvalue weighted by Crippen LogP contribution is 2.39. The number of hydrogen-bond acceptors (Lipinski definition) is 1. The van der Waals surface area contributed by atoms with Crippen molar-refractivity contribution in [2.75, 3.05) is 0 Å². The van der Waals surface area contributed by atoms with Crippen LogP contribution in [-0.4, -0.2) is 24.4 Å². The van der Waals surface area contributed by atoms with Crippen molar-refractivity contribution < 1.29 is 53.0 Å². The fraction of sp³-hybridized carbons (Fsp3) is 0.455. The molecule has 2 atom stereocenters. The van der Waals surface area contributed by atoms with Gasteiger partial charge >= 0.3 is 12.1 Å². The van der Waals surface area contributed by atoms with E-state index in [0.29, 0.717) is 0 Å². The lowest BCUT2D eigenvalue weighted by Crippen LogP contribution is -2.50. The highest BCUT2D eigenvalue weighted by atomic mass is 19.4. The Morgan fingerprint density at radius 2 is 1.09 bits per heavy atom. The average molecular weight is 362 g/mol. The Labute approximate surface area is 120 Å². The summed E-state index contributed by atoms with van der Waals surface area (Å²) in [6.45, 7) is 0.0658. The number of ether oxygens (including phenoxy) is 1. The Hall–Kier alpha value is -1.75. The fourth-order valence-corrected chi connectivity index (χ4v) is 1.37. The predicted octanol–water partition coefficient (Wildman–Crippen LogP) is 4.69. The van der Waals surface area contributed by atoms with Crippen LogP contribution in [0.25, 0.3) is 0 Å². The Morgan fingerprint density at radius 3 is 1.43 bits per heavy atom. The predicted molar refractivity (Wildman–Crippen MR) is 52.2 cm³/mol. The maximum Gasteiger partial charge on any atom is 0.425 e. The third kappa shape index (κ3) is 3.44. The van der Waals surface area contributed by atoms with Gasteiger partial charge in [0.2, 0.25) is 29.1 Å². The van der Waals surface area contributed by atoms with Gasteiger partial charge in [0.05, 0.1) is 0 Å². The Balaban J connectivity index is 3.23. The molecule has 0 saturated carbocycles. The summed E-state index contributed by atoms with van der Waals surface area (Å²) in [6, 6.07) is 0. The van der Waals surface area contributed by atoms with Crippen LogP contribution in [0.1, 0.15) is 6.92 Å². The first kappa shape index (κ1) is 19.3. The summed E-state index contributed by atoms with van der Waals surface area (Å²) in [6.07, 6.45) is -14.0. The van der Waals surface area contributed by atoms with E-state index in [1.54, 1.807) is 0 Å². The topological polar surface area (TPSA) is 9.23 Å². The van der Waals surface area contributed by atoms with Gasteiger partial charge in [0.1, 0.15) is 0 Å². The molecule has 1 nitrogen and oxygen atoms in total. The van der Waals surface area contributed by atoms with Crippen molar-refractivity contribution in [1.29, 1.82) is 0 Å². The molecule has 0 heterocycles. The van der Waals surface area contributed by atoms with E-state index in [4.69, 9.17) is 0 Å². The largest absolute Gasteiger partial charge is 0.478 e. The van der Waals surface area contributed by atoms with Crippen LogP contribution in [-0.2, 0) is 0 Å². The van der Waals surface area contributed by atoms with E-state index in [0.717, 1.165) is 0 Å². The van der Waals surface area contributed by atoms with Crippen LogP contribution in [0.2, 0.25) is 0 Å². The molecule has 0 aliphatic heterocycles. The van der Waals surface area contributed by atoms with Crippen molar-refractivity contribution in [1.82, 2.24) is 0 Å². The van der Waals surface area contributed by atoms with E-state index in [1.165, 1.54) is 0 Å². The van der Waals surface area contributed by atoms with Crippen LogP contribution in [0.3, 0.4) is 0 Å². The third-order valence-corrected chi connectivity index (χ3v) is 2.63. The second-order valence-corrected chi connectivity index (χ2v) is 4.24. The second kappa shape index (κ2) is 6.04. The molecule has 0 fully saturated rings. The summed E-state index contributed by atoms with van der Waals surface area (Å²) in [4.78, 5) is 0. The molecule has 0 N–H and O–H groups in total. The van der Waals surface area contributed by atoms with Crippen LogP contribution in [0.15, 0.2) is 0 Å². The number of hydrogen-bond donors (Lipinski definition) is 0. The molecule has 0 bridgehead atoms. The normalized spacial score (nSPS) is 15.5. The summed E-state index contributed by atoms with van der Waals surface area (Å²) >= 11 is 0. The SMILES string of the molecule is CC(Oc1c(F)c(F)c(F)c(F)c1F)C(F)(F)C(F)C(F)(F)F. The average Bonchev–Trinajstić information content (AvgIpc) is 2.45. The molecule has 2 unspecified atom stereocenters. The number of alkyl halides is 6. The molecule has 1 aromatic rings. The molecule has 12 heteroatoms. The van der Waals surface area contributed by atoms with Crippen molar-refractivity contribution in [2.24, 2.45) is 0 Å². The van der Waals surface area contributed by atoms with Crippen LogP contribution < -0.4 is 4.74 Å². The van der Waals surface area contributed by atoms with Gasteiger partial charge in [0.15, 0.2) is 11.9 Å². The van der Waals surface area contributed by atoms with Crippen LogP contribution in [0.5, 0.6) is 5.75 Å². The standard InChI is InChI=1S/C11H5F11O/c1-2(10(18,19)9(17)11(20,21)22)23-8-6(15)4(13)3(12)5(14)7(8)16/h2,9H,1H3. The van der Waals surface area contributed by atoms with E-state index in [2.05, 4.69) is 4.74 Å². The zero-order valence-electron chi connectivity index (χ0n) is 10.7. The van der Waals surface area contributed by atoms with E-state index >= 15 is 0 Å². The zero-order valence-corrected chi connectivity index (χ0v) is 10.7. The lowest BCUT2D eigenvalue weighted by Gasteiger charge is -2.28. The van der Waals surface area contributed by atoms with E-state index in [-0.39, 0.29) is 6.92 Å². The van der Waals surface area contributed by atoms with E-state index < -0.39 is 59.2 Å². The van der Waals surface area contributed by atoms with Gasteiger partial charge in [0, 0.05) is 0 Å². The summed E-state index contributed by atoms with van der Waals surface area (Å²) in [7, 11) is 0. The summed E-state index contributed by atoms with van der Waals surface area (Å²) in [5, 5.41) is 0. The second-order valence-electron chi connectivity index (χ2n) is 4.24. The minimum Gasteiger partial charge on any atom is -0.478 e. The zero-order chi connectivity index (χ0) is 18.3. The lowest BCUT2D eigenvalue weighted by molar-refractivity contribution is -0.262. The van der Waals surface area contributed by atoms with Gasteiger partial charge in [-0.05, 0) is 6.92 Å². The first-order valence-electron chi connectivity index (χ1n) is 5.49. The van der Waals surface area contributed by atoms with Crippen molar-refractivity contribution in [3.8, 4) is 5.75 Å². The molecule has 0 aromatic heterocycles. The fourth-order valence-electron chi connectivity index (χ4n) is 1.37. The van der Waals surface area contributed by atoms with Crippen LogP contribution in [0.4, 0.5) is 48.3 Å². The molecule has 0 aliphatic rings. The van der Waals surface area contributed by atoms with Crippen LogP contribution in [0, 0.1) is 29.1 Å². The molecule has 0 spiro atoms. The first-order valence-corrected chi connectivity index (χ1v) is 5.49. The summed E-state index contributed by atoms with van der Waals surface area (Å²) < 4.78 is 143. The quantitative estimate of drug-likeness (QED) is 0.429. The molecule has 132 valence electrons. The third-order valence-electron chi connectivity index (χ3n) is 2.63. The van der Waals surface area contributed by atoms with Crippen molar-refractivity contribution in [2.45, 2.75) is 31.3 Å². The monoisotopic (exact) mass is 362 g/mol. The van der Waals surface area contributed by atoms with Crippen molar-refractivity contribution in [3.05, 3.63) is 29.1 Å². The Bertz CT molecular complexity index is 566. The van der Waals surface area contributed by atoms with Crippen molar-refractivity contribution >= 4 is 0 Å². The molecule has 0 aliphatic carbocycles. The summed E-state index contributed by atoms with van der Waals surface area (Å²) in [5.74, 6) is -20.8. The van der Waals surface area contributed by atoms with Gasteiger partial charge < -0.3 is 4.74 Å². The molecule has 0 saturated heterocycles. The van der Waals surface area contributed by atoms with Gasteiger partial charge in [-0.25, -0.2) is 17.6 Å². The van der Waals surface area contributed by atoms with Crippen LogP contribution >= 0.6 is 0 Å². The molecular formula is C11H5F11O. The first-order chi connectivity index (χ1) is 10.2. The number of benzene rings is 1. The number of rotatable bonds is 4. The molecule has 1 aromatic carbocycles. The smallest absolute Gasteiger partial charge is 0.425 e. The highest BCUT2D eigenvalue weighted by molar-refractivity contribution is 5.30. The van der Waals surface area contributed by atoms with Gasteiger partial charge in [-0.2, -0.15) is 30.7 Å². The maximum absolute atomic E-state index is 13.2. The lowest BCUT2D eigenvalue weighted by atomic mass is 10.1. The van der Waals surface area contributed by atoms with Gasteiger partial charge in [0.25, 0.3) is 6.17 Å². The summed E-state index contributed by atoms with van der Waals surface area (Å²) in [5.41, 5.74) is 0.